The van der Waals surface area contributed by atoms with Gasteiger partial charge < -0.3 is 20.5 Å². The highest BCUT2D eigenvalue weighted by Crippen LogP contribution is 2.25. The molecular weight excluding hydrogens is 504 g/mol. The van der Waals surface area contributed by atoms with Gasteiger partial charge in [-0.2, -0.15) is 5.10 Å². The number of halogens is 2. The van der Waals surface area contributed by atoms with Gasteiger partial charge in [-0.05, 0) is 45.8 Å². The van der Waals surface area contributed by atoms with Gasteiger partial charge in [-0.3, -0.25) is 14.7 Å². The van der Waals surface area contributed by atoms with Crippen LogP contribution in [-0.4, -0.2) is 46.2 Å². The second-order valence-electron chi connectivity index (χ2n) is 6.61. The van der Waals surface area contributed by atoms with Crippen molar-refractivity contribution in [1.82, 2.24) is 15.5 Å². The van der Waals surface area contributed by atoms with Crippen molar-refractivity contribution in [1.29, 1.82) is 0 Å². The minimum atomic E-state index is -0.998. The number of ether oxygens (including phenoxy) is 1. The minimum Gasteiger partial charge on any atom is -0.508 e. The molecule has 1 aromatic heterocycles. The first kappa shape index (κ1) is 23.3. The third-order valence-corrected chi connectivity index (χ3v) is 5.55. The molecule has 0 radical (unpaired) electrons. The molecule has 4 N–H and O–H groups in total. The number of methoxy groups -OCH3 is 1. The van der Waals surface area contributed by atoms with Gasteiger partial charge in [0, 0.05) is 6.42 Å². The van der Waals surface area contributed by atoms with Crippen LogP contribution in [0.3, 0.4) is 0 Å². The zero-order chi connectivity index (χ0) is 23.3. The molecule has 0 spiro atoms. The number of nitrogens with one attached hydrogen (secondary N) is 3. The Hall–Kier alpha value is -3.37. The summed E-state index contributed by atoms with van der Waals surface area (Å²) >= 11 is 9.28. The summed E-state index contributed by atoms with van der Waals surface area (Å²) in [6.07, 6.45) is 0.136. The molecule has 3 aromatic rings. The summed E-state index contributed by atoms with van der Waals surface area (Å²) in [5.74, 6) is -1.58. The third-order valence-electron chi connectivity index (χ3n) is 4.45. The summed E-state index contributed by atoms with van der Waals surface area (Å²) in [5, 5.41) is 21.3. The van der Waals surface area contributed by atoms with Crippen LogP contribution in [0.1, 0.15) is 26.4 Å². The van der Waals surface area contributed by atoms with Crippen molar-refractivity contribution in [2.75, 3.05) is 12.4 Å². The quantitative estimate of drug-likeness (QED) is 0.353. The minimum absolute atomic E-state index is 0.0703. The number of amides is 2. The van der Waals surface area contributed by atoms with Gasteiger partial charge in [-0.1, -0.05) is 35.9 Å². The average Bonchev–Trinajstić information content (AvgIpc) is 3.14. The van der Waals surface area contributed by atoms with Gasteiger partial charge in [-0.15, -0.1) is 0 Å². The molecule has 0 saturated heterocycles. The van der Waals surface area contributed by atoms with Crippen molar-refractivity contribution in [3.05, 3.63) is 74.8 Å². The van der Waals surface area contributed by atoms with Crippen LogP contribution in [0.25, 0.3) is 0 Å². The molecule has 0 bridgehead atoms. The van der Waals surface area contributed by atoms with E-state index in [1.807, 2.05) is 0 Å². The molecule has 1 atom stereocenters. The van der Waals surface area contributed by atoms with Gasteiger partial charge in [-0.25, -0.2) is 4.79 Å². The second-order valence-corrected chi connectivity index (χ2v) is 7.82. The number of anilines is 1. The molecule has 3 rings (SSSR count). The second kappa shape index (κ2) is 10.3. The number of aromatic amines is 1. The highest BCUT2D eigenvalue weighted by molar-refractivity contribution is 9.10. The summed E-state index contributed by atoms with van der Waals surface area (Å²) in [7, 11) is 1.21. The Balaban J connectivity index is 1.74. The lowest BCUT2D eigenvalue weighted by atomic mass is 10.1. The fourth-order valence-corrected chi connectivity index (χ4v) is 3.50. The molecule has 1 heterocycles. The summed E-state index contributed by atoms with van der Waals surface area (Å²) in [4.78, 5) is 37.4. The number of H-pyrrole nitrogens is 1. The monoisotopic (exact) mass is 520 g/mol. The van der Waals surface area contributed by atoms with Crippen LogP contribution in [0.4, 0.5) is 5.82 Å². The van der Waals surface area contributed by atoms with Gasteiger partial charge in [0.15, 0.2) is 5.69 Å². The Kier molecular flexibility index (Phi) is 7.49. The molecule has 11 heteroatoms. The number of nitrogens with zero attached hydrogens (tertiary/aromatic N) is 1. The zero-order valence-electron chi connectivity index (χ0n) is 16.7. The van der Waals surface area contributed by atoms with E-state index >= 15 is 0 Å². The van der Waals surface area contributed by atoms with Crippen molar-refractivity contribution in [3.8, 4) is 5.75 Å². The fourth-order valence-electron chi connectivity index (χ4n) is 2.82. The first-order chi connectivity index (χ1) is 15.3. The van der Waals surface area contributed by atoms with Crippen LogP contribution < -0.4 is 10.6 Å². The number of aromatic hydroxyl groups is 1. The molecule has 1 unspecified atom stereocenters. The van der Waals surface area contributed by atoms with Gasteiger partial charge in [0.1, 0.15) is 17.6 Å². The number of phenols is 1. The number of hydrogen-bond acceptors (Lipinski definition) is 6. The van der Waals surface area contributed by atoms with E-state index in [4.69, 9.17) is 16.3 Å². The number of phenolic OH excluding ortho intramolecular Hbond substituents is 1. The van der Waals surface area contributed by atoms with E-state index in [2.05, 4.69) is 36.8 Å². The predicted octanol–water partition coefficient (Wildman–Crippen LogP) is 3.30. The normalized spacial score (nSPS) is 11.5. The lowest BCUT2D eigenvalue weighted by Gasteiger charge is -2.16. The maximum absolute atomic E-state index is 12.8. The molecule has 0 aliphatic rings. The number of aromatic nitrogens is 2. The highest BCUT2D eigenvalue weighted by Gasteiger charge is 2.26. The van der Waals surface area contributed by atoms with E-state index in [1.165, 1.54) is 19.2 Å². The van der Waals surface area contributed by atoms with Crippen LogP contribution in [0, 0.1) is 0 Å². The van der Waals surface area contributed by atoms with E-state index in [0.29, 0.717) is 5.56 Å². The lowest BCUT2D eigenvalue weighted by molar-refractivity contribution is -0.142. The van der Waals surface area contributed by atoms with Gasteiger partial charge >= 0.3 is 5.97 Å². The van der Waals surface area contributed by atoms with E-state index < -0.39 is 23.8 Å². The number of hydrogen-bond donors (Lipinski definition) is 4. The first-order valence-electron chi connectivity index (χ1n) is 9.26. The van der Waals surface area contributed by atoms with E-state index in [1.54, 1.807) is 36.4 Å². The Morgan fingerprint density at radius 3 is 2.50 bits per heavy atom. The standard InChI is InChI=1S/C21H18BrClN4O5/c1-32-21(31)15(10-11-6-8-12(28)9-7-11)24-20(30)17-16(22)18(27-26-17)25-19(29)13-4-2-3-5-14(13)23/h2-9,15,28H,10H2,1H3,(H,24,30)(H2,25,26,27,29). The van der Waals surface area contributed by atoms with Crippen molar-refractivity contribution >= 4 is 51.1 Å². The SMILES string of the molecule is COC(=O)C(Cc1ccc(O)cc1)NC(=O)c1n[nH]c(NC(=O)c2ccccc2Cl)c1Br. The fraction of sp³-hybridized carbons (Fsp3) is 0.143. The number of carbonyl (C=O) groups excluding carboxylic acids is 3. The maximum Gasteiger partial charge on any atom is 0.328 e. The summed E-state index contributed by atoms with van der Waals surface area (Å²) < 4.78 is 4.98. The van der Waals surface area contributed by atoms with Crippen molar-refractivity contribution in [3.63, 3.8) is 0 Å². The topological polar surface area (TPSA) is 133 Å². The number of esters is 1. The van der Waals surface area contributed by atoms with Crippen molar-refractivity contribution < 1.29 is 24.2 Å². The molecule has 166 valence electrons. The molecule has 2 amide bonds. The van der Waals surface area contributed by atoms with Gasteiger partial charge in [0.2, 0.25) is 0 Å². The summed E-state index contributed by atoms with van der Waals surface area (Å²) in [6.45, 7) is 0. The molecule has 0 aliphatic carbocycles. The first-order valence-corrected chi connectivity index (χ1v) is 10.4. The Morgan fingerprint density at radius 2 is 1.84 bits per heavy atom. The lowest BCUT2D eigenvalue weighted by Crippen LogP contribution is -2.43. The molecular formula is C21H18BrClN4O5. The average molecular weight is 522 g/mol. The van der Waals surface area contributed by atoms with Crippen LogP contribution in [0.2, 0.25) is 5.02 Å². The largest absolute Gasteiger partial charge is 0.508 e. The number of carbonyl (C=O) groups is 3. The smallest absolute Gasteiger partial charge is 0.328 e. The molecule has 32 heavy (non-hydrogen) atoms. The van der Waals surface area contributed by atoms with Crippen molar-refractivity contribution in [2.45, 2.75) is 12.5 Å². The van der Waals surface area contributed by atoms with E-state index in [-0.39, 0.29) is 38.7 Å². The predicted molar refractivity (Wildman–Crippen MR) is 121 cm³/mol. The molecule has 9 nitrogen and oxygen atoms in total. The van der Waals surface area contributed by atoms with Crippen LogP contribution in [-0.2, 0) is 16.0 Å². The van der Waals surface area contributed by atoms with Gasteiger partial charge in [0.25, 0.3) is 11.8 Å². The Bertz CT molecular complexity index is 1150. The number of rotatable bonds is 7. The number of benzene rings is 2. The molecule has 0 saturated carbocycles. The van der Waals surface area contributed by atoms with E-state index in [9.17, 15) is 19.5 Å². The van der Waals surface area contributed by atoms with Crippen LogP contribution in [0.5, 0.6) is 5.75 Å². The highest BCUT2D eigenvalue weighted by atomic mass is 79.9. The Labute approximate surface area is 196 Å². The molecule has 0 aliphatic heterocycles. The zero-order valence-corrected chi connectivity index (χ0v) is 19.0. The van der Waals surface area contributed by atoms with Gasteiger partial charge in [0.05, 0.1) is 22.2 Å². The summed E-state index contributed by atoms with van der Waals surface area (Å²) in [6, 6.07) is 11.7. The van der Waals surface area contributed by atoms with Crippen LogP contribution >= 0.6 is 27.5 Å². The Morgan fingerprint density at radius 1 is 1.16 bits per heavy atom. The van der Waals surface area contributed by atoms with Crippen LogP contribution in [0.15, 0.2) is 53.0 Å². The third kappa shape index (κ3) is 5.45. The molecule has 2 aromatic carbocycles. The molecule has 0 fully saturated rings. The maximum atomic E-state index is 12.8. The van der Waals surface area contributed by atoms with Crippen molar-refractivity contribution in [2.24, 2.45) is 0 Å². The summed E-state index contributed by atoms with van der Waals surface area (Å²) in [5.41, 5.74) is 0.882. The van der Waals surface area contributed by atoms with E-state index in [0.717, 1.165) is 0 Å².